The van der Waals surface area contributed by atoms with Crippen LogP contribution in [-0.2, 0) is 10.8 Å². The first-order valence-electron chi connectivity index (χ1n) is 9.33. The zero-order chi connectivity index (χ0) is 18.9. The van der Waals surface area contributed by atoms with Crippen molar-refractivity contribution in [3.05, 3.63) is 77.9 Å². The smallest absolute Gasteiger partial charge is 0.0709 e. The van der Waals surface area contributed by atoms with Crippen LogP contribution in [0.4, 0.5) is 0 Å². The molecule has 1 nitrogen and oxygen atoms in total. The second-order valence-corrected chi connectivity index (χ2v) is 9.06. The van der Waals surface area contributed by atoms with Crippen molar-refractivity contribution in [1.82, 2.24) is 4.98 Å². The van der Waals surface area contributed by atoms with Crippen LogP contribution in [-0.4, -0.2) is 4.98 Å². The monoisotopic (exact) mass is 343 g/mol. The fourth-order valence-corrected chi connectivity index (χ4v) is 3.04. The maximum Gasteiger partial charge on any atom is 0.0709 e. The van der Waals surface area contributed by atoms with E-state index in [1.54, 1.807) is 0 Å². The molecule has 0 fully saturated rings. The lowest BCUT2D eigenvalue weighted by molar-refractivity contribution is 0.590. The average Bonchev–Trinajstić information content (AvgIpc) is 2.61. The van der Waals surface area contributed by atoms with Crippen LogP contribution in [0.3, 0.4) is 0 Å². The number of aromatic nitrogens is 1. The predicted octanol–water partition coefficient (Wildman–Crippen LogP) is 7.01. The van der Waals surface area contributed by atoms with Gasteiger partial charge in [-0.1, -0.05) is 96.1 Å². The van der Waals surface area contributed by atoms with Gasteiger partial charge in [-0.15, -0.1) is 0 Å². The molecule has 0 aliphatic carbocycles. The predicted molar refractivity (Wildman–Crippen MR) is 113 cm³/mol. The molecule has 2 aromatic carbocycles. The van der Waals surface area contributed by atoms with E-state index in [2.05, 4.69) is 108 Å². The molecular formula is C25H29N. The molecule has 3 aromatic rings. The number of nitrogens with zero attached hydrogens (tertiary/aromatic N) is 1. The van der Waals surface area contributed by atoms with Gasteiger partial charge in [0.25, 0.3) is 0 Å². The van der Waals surface area contributed by atoms with Crippen LogP contribution in [0.5, 0.6) is 0 Å². The summed E-state index contributed by atoms with van der Waals surface area (Å²) < 4.78 is 0. The van der Waals surface area contributed by atoms with Gasteiger partial charge in [-0.25, -0.2) is 4.98 Å². The molecular weight excluding hydrogens is 314 g/mol. The van der Waals surface area contributed by atoms with Gasteiger partial charge in [0.1, 0.15) is 0 Å². The van der Waals surface area contributed by atoms with Gasteiger partial charge >= 0.3 is 0 Å². The van der Waals surface area contributed by atoms with E-state index in [1.807, 2.05) is 0 Å². The lowest BCUT2D eigenvalue weighted by atomic mass is 9.86. The Bertz CT molecular complexity index is 800. The summed E-state index contributed by atoms with van der Waals surface area (Å²) in [5.41, 5.74) is 7.37. The second kappa shape index (κ2) is 6.72. The molecule has 26 heavy (non-hydrogen) atoms. The van der Waals surface area contributed by atoms with E-state index < -0.39 is 0 Å². The minimum Gasteiger partial charge on any atom is -0.248 e. The molecule has 0 aliphatic heterocycles. The van der Waals surface area contributed by atoms with Crippen LogP contribution in [0, 0.1) is 0 Å². The maximum atomic E-state index is 4.90. The van der Waals surface area contributed by atoms with E-state index in [-0.39, 0.29) is 10.8 Å². The quantitative estimate of drug-likeness (QED) is 0.487. The standard InChI is InChI=1S/C25H29N/c1-24(2,3)20-14-10-18(11-15-20)22-8-7-9-23(26-22)19-12-16-21(17-13-19)25(4,5)6/h7-17H,1-6H3. The van der Waals surface area contributed by atoms with Gasteiger partial charge in [-0.05, 0) is 34.1 Å². The van der Waals surface area contributed by atoms with Crippen molar-refractivity contribution in [3.63, 3.8) is 0 Å². The van der Waals surface area contributed by atoms with Gasteiger partial charge in [-0.2, -0.15) is 0 Å². The lowest BCUT2D eigenvalue weighted by Gasteiger charge is -2.19. The van der Waals surface area contributed by atoms with Gasteiger partial charge in [0.05, 0.1) is 11.4 Å². The van der Waals surface area contributed by atoms with E-state index in [4.69, 9.17) is 4.98 Å². The van der Waals surface area contributed by atoms with Gasteiger partial charge < -0.3 is 0 Å². The highest BCUT2D eigenvalue weighted by Gasteiger charge is 2.14. The Kier molecular flexibility index (Phi) is 4.75. The maximum absolute atomic E-state index is 4.90. The minimum atomic E-state index is 0.169. The molecule has 0 amide bonds. The van der Waals surface area contributed by atoms with Gasteiger partial charge in [0, 0.05) is 11.1 Å². The SMILES string of the molecule is CC(C)(C)c1ccc(-c2cccc(-c3ccc(C(C)(C)C)cc3)n2)cc1. The van der Waals surface area contributed by atoms with Crippen molar-refractivity contribution >= 4 is 0 Å². The highest BCUT2D eigenvalue weighted by atomic mass is 14.7. The molecule has 0 unspecified atom stereocenters. The lowest BCUT2D eigenvalue weighted by Crippen LogP contribution is -2.10. The number of benzene rings is 2. The Morgan fingerprint density at radius 2 is 0.846 bits per heavy atom. The molecule has 3 rings (SSSR count). The van der Waals surface area contributed by atoms with Gasteiger partial charge in [0.2, 0.25) is 0 Å². The number of pyridine rings is 1. The third-order valence-electron chi connectivity index (χ3n) is 4.84. The Balaban J connectivity index is 1.91. The highest BCUT2D eigenvalue weighted by molar-refractivity contribution is 5.66. The van der Waals surface area contributed by atoms with Crippen LogP contribution in [0.25, 0.3) is 22.5 Å². The normalized spacial score (nSPS) is 12.2. The Hall–Kier alpha value is -2.41. The van der Waals surface area contributed by atoms with E-state index in [0.29, 0.717) is 0 Å². The number of hydrogen-bond donors (Lipinski definition) is 0. The number of hydrogen-bond acceptors (Lipinski definition) is 1. The zero-order valence-electron chi connectivity index (χ0n) is 16.8. The molecule has 0 atom stereocenters. The summed E-state index contributed by atoms with van der Waals surface area (Å²) in [7, 11) is 0. The fraction of sp³-hybridized carbons (Fsp3) is 0.320. The molecule has 0 N–H and O–H groups in total. The van der Waals surface area contributed by atoms with E-state index in [9.17, 15) is 0 Å². The first kappa shape index (κ1) is 18.4. The summed E-state index contributed by atoms with van der Waals surface area (Å²) in [6.07, 6.45) is 0. The number of rotatable bonds is 2. The summed E-state index contributed by atoms with van der Waals surface area (Å²) in [4.78, 5) is 4.90. The largest absolute Gasteiger partial charge is 0.248 e. The van der Waals surface area contributed by atoms with E-state index in [1.165, 1.54) is 11.1 Å². The summed E-state index contributed by atoms with van der Waals surface area (Å²) in [6, 6.07) is 23.8. The van der Waals surface area contributed by atoms with E-state index >= 15 is 0 Å². The zero-order valence-corrected chi connectivity index (χ0v) is 16.8. The van der Waals surface area contributed by atoms with Crippen molar-refractivity contribution < 1.29 is 0 Å². The molecule has 0 spiro atoms. The summed E-state index contributed by atoms with van der Waals surface area (Å²) >= 11 is 0. The Labute approximate surface area is 158 Å². The van der Waals surface area contributed by atoms with Crippen LogP contribution in [0.2, 0.25) is 0 Å². The minimum absolute atomic E-state index is 0.169. The second-order valence-electron chi connectivity index (χ2n) is 9.06. The molecule has 1 heterocycles. The third kappa shape index (κ3) is 4.04. The van der Waals surface area contributed by atoms with Crippen LogP contribution >= 0.6 is 0 Å². The molecule has 0 aliphatic rings. The molecule has 1 aromatic heterocycles. The van der Waals surface area contributed by atoms with Crippen molar-refractivity contribution in [1.29, 1.82) is 0 Å². The van der Waals surface area contributed by atoms with Gasteiger partial charge in [0.15, 0.2) is 0 Å². The van der Waals surface area contributed by atoms with Crippen LogP contribution < -0.4 is 0 Å². The molecule has 1 heteroatoms. The summed E-state index contributed by atoms with van der Waals surface area (Å²) in [5, 5.41) is 0. The molecule has 0 radical (unpaired) electrons. The van der Waals surface area contributed by atoms with E-state index in [0.717, 1.165) is 22.5 Å². The molecule has 134 valence electrons. The highest BCUT2D eigenvalue weighted by Crippen LogP contribution is 2.28. The first-order chi connectivity index (χ1) is 12.1. The topological polar surface area (TPSA) is 12.9 Å². The third-order valence-corrected chi connectivity index (χ3v) is 4.84. The van der Waals surface area contributed by atoms with Crippen LogP contribution in [0.15, 0.2) is 66.7 Å². The van der Waals surface area contributed by atoms with Crippen molar-refractivity contribution in [3.8, 4) is 22.5 Å². The van der Waals surface area contributed by atoms with Crippen LogP contribution in [0.1, 0.15) is 52.7 Å². The summed E-state index contributed by atoms with van der Waals surface area (Å²) in [5.74, 6) is 0. The summed E-state index contributed by atoms with van der Waals surface area (Å²) in [6.45, 7) is 13.4. The average molecular weight is 344 g/mol. The Morgan fingerprint density at radius 1 is 0.500 bits per heavy atom. The van der Waals surface area contributed by atoms with Crippen molar-refractivity contribution in [2.75, 3.05) is 0 Å². The van der Waals surface area contributed by atoms with Crippen molar-refractivity contribution in [2.45, 2.75) is 52.4 Å². The molecule has 0 saturated heterocycles. The fourth-order valence-electron chi connectivity index (χ4n) is 3.04. The van der Waals surface area contributed by atoms with Gasteiger partial charge in [-0.3, -0.25) is 0 Å². The molecule has 0 saturated carbocycles. The Morgan fingerprint density at radius 3 is 1.15 bits per heavy atom. The van der Waals surface area contributed by atoms with Crippen molar-refractivity contribution in [2.24, 2.45) is 0 Å². The first-order valence-corrected chi connectivity index (χ1v) is 9.33. The molecule has 0 bridgehead atoms.